The van der Waals surface area contributed by atoms with Crippen LogP contribution in [0.15, 0.2) is 22.8 Å². The lowest BCUT2D eigenvalue weighted by molar-refractivity contribution is -0.227. The van der Waals surface area contributed by atoms with Gasteiger partial charge in [-0.1, -0.05) is 91.0 Å². The molecule has 1 rings (SSSR count). The first-order valence-electron chi connectivity index (χ1n) is 14.1. The third-order valence-corrected chi connectivity index (χ3v) is 23.2. The fourth-order valence-electron chi connectivity index (χ4n) is 3.69. The lowest BCUT2D eigenvalue weighted by Crippen LogP contribution is -2.67. The highest BCUT2D eigenvalue weighted by Gasteiger charge is 2.55. The van der Waals surface area contributed by atoms with E-state index in [1.165, 1.54) is 0 Å². The molecule has 0 spiro atoms. The third kappa shape index (κ3) is 8.83. The number of halogens is 1. The van der Waals surface area contributed by atoms with Crippen molar-refractivity contribution in [2.45, 2.75) is 160 Å². The number of aliphatic hydroxyl groups is 1. The molecule has 224 valence electrons. The van der Waals surface area contributed by atoms with E-state index in [9.17, 15) is 5.11 Å². The van der Waals surface area contributed by atoms with E-state index < -0.39 is 55.5 Å². The summed E-state index contributed by atoms with van der Waals surface area (Å²) >= 11 is 2.26. The van der Waals surface area contributed by atoms with Gasteiger partial charge in [0.25, 0.3) is 0 Å². The van der Waals surface area contributed by atoms with E-state index in [1.807, 2.05) is 10.2 Å². The molecule has 0 bridgehead atoms. The minimum absolute atomic E-state index is 0.0170. The maximum Gasteiger partial charge on any atom is 0.193 e. The van der Waals surface area contributed by atoms with Crippen LogP contribution in [-0.2, 0) is 18.0 Å². The van der Waals surface area contributed by atoms with E-state index in [0.29, 0.717) is 6.42 Å². The van der Waals surface area contributed by atoms with Crippen LogP contribution in [0.4, 0.5) is 0 Å². The van der Waals surface area contributed by atoms with Crippen molar-refractivity contribution >= 4 is 47.5 Å². The Morgan fingerprint density at radius 2 is 1.24 bits per heavy atom. The quantitative estimate of drug-likeness (QED) is 0.140. The van der Waals surface area contributed by atoms with Gasteiger partial charge in [-0.25, -0.2) is 0 Å². The van der Waals surface area contributed by atoms with Gasteiger partial charge >= 0.3 is 0 Å². The lowest BCUT2D eigenvalue weighted by atomic mass is 9.91. The van der Waals surface area contributed by atoms with E-state index in [0.717, 1.165) is 0 Å². The summed E-state index contributed by atoms with van der Waals surface area (Å²) in [6.45, 7) is 37.7. The summed E-state index contributed by atoms with van der Waals surface area (Å²) in [6, 6.07) is 0. The zero-order valence-electron chi connectivity index (χ0n) is 27.1. The van der Waals surface area contributed by atoms with Crippen molar-refractivity contribution in [3.63, 3.8) is 0 Å². The Morgan fingerprint density at radius 3 is 1.61 bits per heavy atom. The molecular weight excluding hydrogens is 639 g/mol. The minimum Gasteiger partial charge on any atom is -0.408 e. The molecular formula is C29H59IO5Si3. The Balaban J connectivity index is 3.80. The Kier molecular flexibility index (Phi) is 12.4. The van der Waals surface area contributed by atoms with E-state index in [2.05, 4.69) is 137 Å². The molecule has 0 saturated carbocycles. The summed E-state index contributed by atoms with van der Waals surface area (Å²) in [5, 5.41) is 11.8. The van der Waals surface area contributed by atoms with Gasteiger partial charge in [0.15, 0.2) is 25.0 Å². The summed E-state index contributed by atoms with van der Waals surface area (Å²) in [6.07, 6.45) is 1.43. The Labute approximate surface area is 252 Å². The summed E-state index contributed by atoms with van der Waals surface area (Å²) in [7, 11) is -6.71. The second-order valence-corrected chi connectivity index (χ2v) is 30.5. The van der Waals surface area contributed by atoms with Crippen LogP contribution in [0.1, 0.15) is 68.7 Å². The van der Waals surface area contributed by atoms with E-state index >= 15 is 0 Å². The van der Waals surface area contributed by atoms with Gasteiger partial charge in [-0.2, -0.15) is 0 Å². The lowest BCUT2D eigenvalue weighted by Gasteiger charge is -2.53. The van der Waals surface area contributed by atoms with Crippen LogP contribution >= 0.6 is 22.6 Å². The van der Waals surface area contributed by atoms with Crippen molar-refractivity contribution < 1.29 is 23.1 Å². The normalized spacial score (nSPS) is 27.6. The number of aliphatic hydroxyl groups excluding tert-OH is 1. The Hall–Kier alpha value is 0.661. The molecule has 1 fully saturated rings. The molecule has 1 N–H and O–H groups in total. The smallest absolute Gasteiger partial charge is 0.193 e. The summed E-state index contributed by atoms with van der Waals surface area (Å²) in [4.78, 5) is 0. The Morgan fingerprint density at radius 1 is 0.816 bits per heavy atom. The van der Waals surface area contributed by atoms with Gasteiger partial charge < -0.3 is 23.1 Å². The van der Waals surface area contributed by atoms with Gasteiger partial charge in [0.05, 0.1) is 12.2 Å². The minimum atomic E-state index is -2.28. The number of rotatable bonds is 10. The maximum absolute atomic E-state index is 11.8. The van der Waals surface area contributed by atoms with Gasteiger partial charge in [0.2, 0.25) is 0 Å². The van der Waals surface area contributed by atoms with Gasteiger partial charge in [-0.05, 0) is 71.0 Å². The topological polar surface area (TPSA) is 57.2 Å². The second-order valence-electron chi connectivity index (χ2n) is 15.5. The van der Waals surface area contributed by atoms with Crippen LogP contribution in [0.2, 0.25) is 54.4 Å². The highest BCUT2D eigenvalue weighted by molar-refractivity contribution is 14.1. The standard InChI is InChI=1S/C29H59IO5Si3/c1-17-18-21-23(31)25(34-37(13,14)28(5,6)7)26(35-38(15,16)29(8,9)10)24(32-21)22(19-20-30)33-36(11,12)27(2,3)4/h17,19-26,31H,1,18H2,2-16H3/b20-19+/t21-,22?,23?,24-,25?,26?/m0/s1. The molecule has 0 aromatic heterocycles. The molecule has 0 amide bonds. The molecule has 0 aliphatic carbocycles. The third-order valence-electron chi connectivity index (χ3n) is 9.39. The van der Waals surface area contributed by atoms with E-state index in [4.69, 9.17) is 18.0 Å². The van der Waals surface area contributed by atoms with Gasteiger partial charge in [0.1, 0.15) is 24.4 Å². The van der Waals surface area contributed by atoms with Crippen LogP contribution in [0.25, 0.3) is 0 Å². The van der Waals surface area contributed by atoms with Crippen LogP contribution < -0.4 is 0 Å². The highest BCUT2D eigenvalue weighted by Crippen LogP contribution is 2.45. The van der Waals surface area contributed by atoms with Crippen molar-refractivity contribution in [3.8, 4) is 0 Å². The van der Waals surface area contributed by atoms with Crippen LogP contribution in [0.5, 0.6) is 0 Å². The van der Waals surface area contributed by atoms with Gasteiger partial charge in [-0.3, -0.25) is 0 Å². The first kappa shape index (κ1) is 36.7. The second kappa shape index (κ2) is 12.9. The molecule has 1 heterocycles. The van der Waals surface area contributed by atoms with Crippen LogP contribution in [-0.4, -0.2) is 66.7 Å². The highest BCUT2D eigenvalue weighted by atomic mass is 127. The first-order chi connectivity index (χ1) is 16.8. The first-order valence-corrected chi connectivity index (χ1v) is 24.0. The number of hydrogen-bond donors (Lipinski definition) is 1. The average Bonchev–Trinajstić information content (AvgIpc) is 2.69. The molecule has 0 aromatic rings. The molecule has 1 aliphatic heterocycles. The molecule has 38 heavy (non-hydrogen) atoms. The molecule has 1 aliphatic rings. The largest absolute Gasteiger partial charge is 0.408 e. The Bertz CT molecular complexity index is 809. The van der Waals surface area contributed by atoms with Crippen LogP contribution in [0.3, 0.4) is 0 Å². The van der Waals surface area contributed by atoms with Gasteiger partial charge in [0, 0.05) is 0 Å². The predicted octanol–water partition coefficient (Wildman–Crippen LogP) is 8.81. The average molecular weight is 699 g/mol. The van der Waals surface area contributed by atoms with E-state index in [1.54, 1.807) is 0 Å². The molecule has 6 atom stereocenters. The van der Waals surface area contributed by atoms with Crippen molar-refractivity contribution in [2.24, 2.45) is 0 Å². The zero-order chi connectivity index (χ0) is 30.1. The molecule has 1 saturated heterocycles. The summed E-state index contributed by atoms with van der Waals surface area (Å²) in [5.41, 5.74) is 0. The molecule has 4 unspecified atom stereocenters. The molecule has 0 radical (unpaired) electrons. The monoisotopic (exact) mass is 698 g/mol. The zero-order valence-corrected chi connectivity index (χ0v) is 32.2. The number of ether oxygens (including phenoxy) is 1. The van der Waals surface area contributed by atoms with Crippen molar-refractivity contribution in [3.05, 3.63) is 22.8 Å². The fraction of sp³-hybridized carbons (Fsp3) is 0.862. The summed E-state index contributed by atoms with van der Waals surface area (Å²) < 4.78 is 30.0. The molecule has 0 aromatic carbocycles. The van der Waals surface area contributed by atoms with Crippen molar-refractivity contribution in [1.82, 2.24) is 0 Å². The predicted molar refractivity (Wildman–Crippen MR) is 179 cm³/mol. The SMILES string of the molecule is C=CC[C@@H]1O[C@@H](C(/C=C/I)O[Si](C)(C)C(C)(C)C)C(O[Si](C)(C)C(C)(C)C)C(O[Si](C)(C)C(C)(C)C)C1O. The van der Waals surface area contributed by atoms with Crippen molar-refractivity contribution in [2.75, 3.05) is 0 Å². The maximum atomic E-state index is 11.8. The van der Waals surface area contributed by atoms with Crippen molar-refractivity contribution in [1.29, 1.82) is 0 Å². The molecule has 5 nitrogen and oxygen atoms in total. The van der Waals surface area contributed by atoms with Gasteiger partial charge in [-0.15, -0.1) is 6.58 Å². The van der Waals surface area contributed by atoms with E-state index in [-0.39, 0.29) is 21.2 Å². The summed E-state index contributed by atoms with van der Waals surface area (Å²) in [5.74, 6) is 0. The van der Waals surface area contributed by atoms with Crippen LogP contribution in [0, 0.1) is 0 Å². The number of hydrogen-bond acceptors (Lipinski definition) is 5. The fourth-order valence-corrected chi connectivity index (χ4v) is 7.95. The molecule has 9 heteroatoms.